The molecular formula is C14H32N2O5. The lowest BCUT2D eigenvalue weighted by Gasteiger charge is -2.27. The van der Waals surface area contributed by atoms with Crippen molar-refractivity contribution in [3.8, 4) is 0 Å². The fraction of sp³-hybridized carbons (Fsp3) is 0.857. The number of hydrogen-bond acceptors (Lipinski definition) is 7. The highest BCUT2D eigenvalue weighted by Crippen LogP contribution is 2.03. The average molecular weight is 308 g/mol. The Balaban J connectivity index is 0. The van der Waals surface area contributed by atoms with Crippen LogP contribution in [0.15, 0.2) is 11.6 Å². The number of rotatable bonds is 11. The van der Waals surface area contributed by atoms with Gasteiger partial charge in [0.25, 0.3) is 0 Å². The second-order valence-electron chi connectivity index (χ2n) is 4.67. The summed E-state index contributed by atoms with van der Waals surface area (Å²) in [4.78, 5) is 1.85. The summed E-state index contributed by atoms with van der Waals surface area (Å²) in [6, 6.07) is -0.112. The number of nitrogens with zero attached hydrogens (tertiary/aromatic N) is 1. The van der Waals surface area contributed by atoms with Crippen LogP contribution >= 0.6 is 0 Å². The maximum atomic E-state index is 9.15. The molecule has 1 unspecified atom stereocenters. The molecule has 0 aliphatic carbocycles. The highest BCUT2D eigenvalue weighted by atomic mass is 16.3. The van der Waals surface area contributed by atoms with Gasteiger partial charge in [-0.3, -0.25) is 4.90 Å². The SMILES string of the molecule is CC(C)=CC(CO)N(CCO)CCO.OCCNCCO. The smallest absolute Gasteiger partial charge is 0.0622 e. The van der Waals surface area contributed by atoms with Gasteiger partial charge < -0.3 is 30.8 Å². The summed E-state index contributed by atoms with van der Waals surface area (Å²) < 4.78 is 0. The third-order valence-corrected chi connectivity index (χ3v) is 2.53. The van der Waals surface area contributed by atoms with Crippen molar-refractivity contribution in [2.75, 3.05) is 59.2 Å². The third-order valence-electron chi connectivity index (χ3n) is 2.53. The highest BCUT2D eigenvalue weighted by molar-refractivity contribution is 5.01. The minimum absolute atomic E-state index is 0.00514. The van der Waals surface area contributed by atoms with Crippen molar-refractivity contribution in [3.05, 3.63) is 11.6 Å². The van der Waals surface area contributed by atoms with Crippen LogP contribution in [0.25, 0.3) is 0 Å². The number of hydrogen-bond donors (Lipinski definition) is 6. The fourth-order valence-electron chi connectivity index (χ4n) is 1.64. The molecule has 1 atom stereocenters. The normalized spacial score (nSPS) is 11.8. The summed E-state index contributed by atoms with van der Waals surface area (Å²) in [7, 11) is 0. The fourth-order valence-corrected chi connectivity index (χ4v) is 1.64. The molecule has 0 saturated heterocycles. The predicted octanol–water partition coefficient (Wildman–Crippen LogP) is -1.84. The molecule has 0 saturated carbocycles. The molecule has 0 aromatic carbocycles. The van der Waals surface area contributed by atoms with Gasteiger partial charge in [0.15, 0.2) is 0 Å². The average Bonchev–Trinajstić information content (AvgIpc) is 2.46. The molecule has 0 radical (unpaired) electrons. The van der Waals surface area contributed by atoms with E-state index >= 15 is 0 Å². The van der Waals surface area contributed by atoms with Crippen LogP contribution in [0.1, 0.15) is 13.8 Å². The van der Waals surface area contributed by atoms with Gasteiger partial charge in [0, 0.05) is 26.2 Å². The second-order valence-corrected chi connectivity index (χ2v) is 4.67. The van der Waals surface area contributed by atoms with Gasteiger partial charge in [-0.2, -0.15) is 0 Å². The Bertz CT molecular complexity index is 225. The molecule has 0 aromatic heterocycles. The van der Waals surface area contributed by atoms with Crippen molar-refractivity contribution >= 4 is 0 Å². The lowest BCUT2D eigenvalue weighted by atomic mass is 10.2. The van der Waals surface area contributed by atoms with Crippen LogP contribution in [0.4, 0.5) is 0 Å². The number of allylic oxidation sites excluding steroid dienone is 1. The molecule has 0 heterocycles. The Morgan fingerprint density at radius 3 is 1.67 bits per heavy atom. The Morgan fingerprint density at radius 1 is 0.905 bits per heavy atom. The van der Waals surface area contributed by atoms with Crippen molar-refractivity contribution in [1.29, 1.82) is 0 Å². The standard InChI is InChI=1S/C10H21NO3.C4H11NO2/c1-9(2)7-10(8-14)11(3-5-12)4-6-13;6-3-1-5-2-4-7/h7,10,12-14H,3-6,8H2,1-2H3;5-7H,1-4H2. The summed E-state index contributed by atoms with van der Waals surface area (Å²) >= 11 is 0. The molecule has 0 rings (SSSR count). The molecule has 0 fully saturated rings. The number of nitrogens with one attached hydrogen (secondary N) is 1. The first-order chi connectivity index (χ1) is 10.1. The van der Waals surface area contributed by atoms with Crippen molar-refractivity contribution in [2.24, 2.45) is 0 Å². The van der Waals surface area contributed by atoms with E-state index in [1.807, 2.05) is 24.8 Å². The Hall–Kier alpha value is -0.540. The van der Waals surface area contributed by atoms with E-state index in [9.17, 15) is 0 Å². The van der Waals surface area contributed by atoms with Gasteiger partial charge in [0.2, 0.25) is 0 Å². The van der Waals surface area contributed by atoms with E-state index in [-0.39, 0.29) is 39.1 Å². The minimum atomic E-state index is -0.112. The maximum absolute atomic E-state index is 9.15. The lowest BCUT2D eigenvalue weighted by molar-refractivity contribution is 0.105. The summed E-state index contributed by atoms with van der Waals surface area (Å²) in [6.45, 7) is 6.34. The van der Waals surface area contributed by atoms with E-state index in [1.165, 1.54) is 0 Å². The first-order valence-corrected chi connectivity index (χ1v) is 7.21. The second kappa shape index (κ2) is 17.5. The van der Waals surface area contributed by atoms with Crippen LogP contribution < -0.4 is 5.32 Å². The molecule has 7 heteroatoms. The van der Waals surface area contributed by atoms with Gasteiger partial charge in [0.05, 0.1) is 39.1 Å². The number of aliphatic hydroxyl groups is 5. The van der Waals surface area contributed by atoms with Crippen LogP contribution in [0.3, 0.4) is 0 Å². The molecule has 21 heavy (non-hydrogen) atoms. The maximum Gasteiger partial charge on any atom is 0.0622 e. The highest BCUT2D eigenvalue weighted by Gasteiger charge is 2.13. The summed E-state index contributed by atoms with van der Waals surface area (Å²) in [5, 5.41) is 45.9. The zero-order valence-corrected chi connectivity index (χ0v) is 13.2. The summed E-state index contributed by atoms with van der Waals surface area (Å²) in [6.07, 6.45) is 1.94. The molecule has 128 valence electrons. The quantitative estimate of drug-likeness (QED) is 0.196. The van der Waals surface area contributed by atoms with Crippen LogP contribution in [0.5, 0.6) is 0 Å². The van der Waals surface area contributed by atoms with Gasteiger partial charge >= 0.3 is 0 Å². The largest absolute Gasteiger partial charge is 0.395 e. The Labute approximate surface area is 127 Å². The van der Waals surface area contributed by atoms with E-state index in [2.05, 4.69) is 5.32 Å². The monoisotopic (exact) mass is 308 g/mol. The molecule has 0 amide bonds. The third kappa shape index (κ3) is 15.7. The molecule has 0 bridgehead atoms. The molecule has 0 aromatic rings. The van der Waals surface area contributed by atoms with E-state index in [4.69, 9.17) is 25.5 Å². The van der Waals surface area contributed by atoms with Crippen molar-refractivity contribution in [2.45, 2.75) is 19.9 Å². The van der Waals surface area contributed by atoms with E-state index < -0.39 is 0 Å². The topological polar surface area (TPSA) is 116 Å². The van der Waals surface area contributed by atoms with E-state index in [0.717, 1.165) is 5.57 Å². The number of aliphatic hydroxyl groups excluding tert-OH is 5. The predicted molar refractivity (Wildman–Crippen MR) is 83.1 cm³/mol. The van der Waals surface area contributed by atoms with Gasteiger partial charge in [-0.05, 0) is 13.8 Å². The molecule has 0 spiro atoms. The summed E-state index contributed by atoms with van der Waals surface area (Å²) in [5.41, 5.74) is 1.12. The van der Waals surface area contributed by atoms with Gasteiger partial charge in [-0.25, -0.2) is 0 Å². The molecule has 0 aliphatic rings. The van der Waals surface area contributed by atoms with Crippen LogP contribution in [0, 0.1) is 0 Å². The first kappa shape index (κ1) is 22.7. The molecular weight excluding hydrogens is 276 g/mol. The van der Waals surface area contributed by atoms with E-state index in [0.29, 0.717) is 26.2 Å². The molecule has 6 N–H and O–H groups in total. The van der Waals surface area contributed by atoms with Crippen molar-refractivity contribution < 1.29 is 25.5 Å². The first-order valence-electron chi connectivity index (χ1n) is 7.21. The molecule has 0 aliphatic heterocycles. The Morgan fingerprint density at radius 2 is 1.38 bits per heavy atom. The zero-order valence-electron chi connectivity index (χ0n) is 13.2. The zero-order chi connectivity index (χ0) is 16.5. The van der Waals surface area contributed by atoms with Gasteiger partial charge in [-0.15, -0.1) is 0 Å². The van der Waals surface area contributed by atoms with Crippen molar-refractivity contribution in [1.82, 2.24) is 10.2 Å². The van der Waals surface area contributed by atoms with Crippen LogP contribution in [-0.2, 0) is 0 Å². The van der Waals surface area contributed by atoms with Gasteiger partial charge in [0.1, 0.15) is 0 Å². The molecule has 7 nitrogen and oxygen atoms in total. The minimum Gasteiger partial charge on any atom is -0.395 e. The lowest BCUT2D eigenvalue weighted by Crippen LogP contribution is -2.40. The van der Waals surface area contributed by atoms with E-state index in [1.54, 1.807) is 0 Å². The van der Waals surface area contributed by atoms with Crippen molar-refractivity contribution in [3.63, 3.8) is 0 Å². The Kier molecular flexibility index (Phi) is 19.0. The van der Waals surface area contributed by atoms with Crippen LogP contribution in [-0.4, -0.2) is 95.7 Å². The summed E-state index contributed by atoms with van der Waals surface area (Å²) in [5.74, 6) is 0. The van der Waals surface area contributed by atoms with Crippen LogP contribution in [0.2, 0.25) is 0 Å². The van der Waals surface area contributed by atoms with Gasteiger partial charge in [-0.1, -0.05) is 11.6 Å².